The Kier molecular flexibility index (Phi) is 7.36. The number of hydrogen-bond acceptors (Lipinski definition) is 6. The largest absolute Gasteiger partial charge is 0.484 e. The van der Waals surface area contributed by atoms with Crippen molar-refractivity contribution in [2.45, 2.75) is 18.8 Å². The molecule has 1 aliphatic heterocycles. The first-order valence-electron chi connectivity index (χ1n) is 8.21. The van der Waals surface area contributed by atoms with Gasteiger partial charge in [0.2, 0.25) is 11.8 Å². The van der Waals surface area contributed by atoms with Crippen LogP contribution in [-0.2, 0) is 19.1 Å². The van der Waals surface area contributed by atoms with E-state index in [-0.39, 0.29) is 30.2 Å². The highest BCUT2D eigenvalue weighted by atomic mass is 16.5. The molecule has 1 aliphatic rings. The van der Waals surface area contributed by atoms with E-state index in [0.717, 1.165) is 5.56 Å². The summed E-state index contributed by atoms with van der Waals surface area (Å²) in [6.07, 6.45) is 0.837. The van der Waals surface area contributed by atoms with Crippen LogP contribution < -0.4 is 21.1 Å². The van der Waals surface area contributed by atoms with Crippen LogP contribution in [0, 0.1) is 0 Å². The van der Waals surface area contributed by atoms with Crippen LogP contribution in [0.15, 0.2) is 24.3 Å². The van der Waals surface area contributed by atoms with Crippen LogP contribution in [0.25, 0.3) is 0 Å². The Balaban J connectivity index is 1.74. The van der Waals surface area contributed by atoms with Crippen molar-refractivity contribution in [1.29, 1.82) is 0 Å². The Labute approximate surface area is 146 Å². The molecule has 2 rings (SSSR count). The third-order valence-electron chi connectivity index (χ3n) is 3.72. The summed E-state index contributed by atoms with van der Waals surface area (Å²) >= 11 is 0. The van der Waals surface area contributed by atoms with E-state index in [4.69, 9.17) is 15.2 Å². The molecule has 8 heteroatoms. The fourth-order valence-corrected chi connectivity index (χ4v) is 2.46. The summed E-state index contributed by atoms with van der Waals surface area (Å²) in [5, 5.41) is 5.01. The zero-order chi connectivity index (χ0) is 18.1. The topological polar surface area (TPSA) is 120 Å². The molecule has 136 valence electrons. The molecule has 1 heterocycles. The molecule has 0 bridgehead atoms. The van der Waals surface area contributed by atoms with Gasteiger partial charge in [-0.3, -0.25) is 19.7 Å². The Morgan fingerprint density at radius 3 is 2.68 bits per heavy atom. The maximum absolute atomic E-state index is 11.8. The second-order valence-electron chi connectivity index (χ2n) is 5.61. The highest BCUT2D eigenvalue weighted by Gasteiger charge is 2.27. The van der Waals surface area contributed by atoms with Gasteiger partial charge in [0.25, 0.3) is 5.91 Å². The minimum absolute atomic E-state index is 0.103. The summed E-state index contributed by atoms with van der Waals surface area (Å²) in [6.45, 7) is 1.62. The molecule has 0 radical (unpaired) electrons. The van der Waals surface area contributed by atoms with Crippen LogP contribution in [0.4, 0.5) is 0 Å². The highest BCUT2D eigenvalue weighted by molar-refractivity contribution is 6.00. The van der Waals surface area contributed by atoms with E-state index < -0.39 is 0 Å². The van der Waals surface area contributed by atoms with Crippen LogP contribution in [-0.4, -0.2) is 50.6 Å². The van der Waals surface area contributed by atoms with Gasteiger partial charge in [-0.2, -0.15) is 0 Å². The molecule has 0 saturated carbocycles. The second kappa shape index (κ2) is 9.75. The molecule has 1 aromatic rings. The smallest absolute Gasteiger partial charge is 0.258 e. The molecule has 1 atom stereocenters. The molecule has 25 heavy (non-hydrogen) atoms. The number of carbonyl (C=O) groups is 3. The summed E-state index contributed by atoms with van der Waals surface area (Å²) in [7, 11) is 0. The van der Waals surface area contributed by atoms with E-state index in [2.05, 4.69) is 10.6 Å². The number of piperidine rings is 1. The molecule has 1 unspecified atom stereocenters. The van der Waals surface area contributed by atoms with Gasteiger partial charge >= 0.3 is 0 Å². The zero-order valence-electron chi connectivity index (χ0n) is 14.0. The number of hydrogen-bond donors (Lipinski definition) is 3. The highest BCUT2D eigenvalue weighted by Crippen LogP contribution is 2.26. The lowest BCUT2D eigenvalue weighted by atomic mass is 9.90. The lowest BCUT2D eigenvalue weighted by Gasteiger charge is -2.21. The average molecular weight is 349 g/mol. The number of ether oxygens (including phenoxy) is 2. The third kappa shape index (κ3) is 6.17. The molecule has 4 N–H and O–H groups in total. The summed E-state index contributed by atoms with van der Waals surface area (Å²) in [6, 6.07) is 6.95. The minimum atomic E-state index is -0.330. The Hall–Kier alpha value is -2.45. The van der Waals surface area contributed by atoms with E-state index in [1.165, 1.54) is 0 Å². The maximum atomic E-state index is 11.8. The first kappa shape index (κ1) is 18.9. The minimum Gasteiger partial charge on any atom is -0.484 e. The number of rotatable bonds is 9. The van der Waals surface area contributed by atoms with Crippen molar-refractivity contribution in [2.24, 2.45) is 5.73 Å². The van der Waals surface area contributed by atoms with Gasteiger partial charge in [-0.05, 0) is 24.1 Å². The van der Waals surface area contributed by atoms with Crippen LogP contribution in [0.1, 0.15) is 24.3 Å². The SMILES string of the molecule is NCCOCCNC(=O)COc1ccc(C2CCC(=O)NC2=O)cc1. The van der Waals surface area contributed by atoms with Gasteiger partial charge in [-0.25, -0.2) is 0 Å². The number of nitrogens with two attached hydrogens (primary N) is 1. The number of imide groups is 1. The second-order valence-corrected chi connectivity index (χ2v) is 5.61. The van der Waals surface area contributed by atoms with Crippen molar-refractivity contribution in [3.8, 4) is 5.75 Å². The molecule has 1 saturated heterocycles. The molecule has 0 spiro atoms. The van der Waals surface area contributed by atoms with Crippen molar-refractivity contribution < 1.29 is 23.9 Å². The van der Waals surface area contributed by atoms with Gasteiger partial charge < -0.3 is 20.5 Å². The Bertz CT molecular complexity index is 603. The van der Waals surface area contributed by atoms with Crippen molar-refractivity contribution >= 4 is 17.7 Å². The monoisotopic (exact) mass is 349 g/mol. The van der Waals surface area contributed by atoms with Crippen molar-refractivity contribution in [2.75, 3.05) is 32.9 Å². The Morgan fingerprint density at radius 2 is 2.00 bits per heavy atom. The van der Waals surface area contributed by atoms with Crippen LogP contribution >= 0.6 is 0 Å². The molecular weight excluding hydrogens is 326 g/mol. The predicted molar refractivity (Wildman–Crippen MR) is 89.9 cm³/mol. The van der Waals surface area contributed by atoms with Crippen LogP contribution in [0.5, 0.6) is 5.75 Å². The van der Waals surface area contributed by atoms with E-state index in [9.17, 15) is 14.4 Å². The summed E-state index contributed by atoms with van der Waals surface area (Å²) in [5.41, 5.74) is 6.10. The van der Waals surface area contributed by atoms with E-state index >= 15 is 0 Å². The fourth-order valence-electron chi connectivity index (χ4n) is 2.46. The van der Waals surface area contributed by atoms with Crippen molar-refractivity contribution in [3.05, 3.63) is 29.8 Å². The molecule has 0 aromatic heterocycles. The normalized spacial score (nSPS) is 17.1. The molecule has 1 fully saturated rings. The first-order valence-corrected chi connectivity index (χ1v) is 8.21. The quantitative estimate of drug-likeness (QED) is 0.415. The average Bonchev–Trinajstić information content (AvgIpc) is 2.60. The lowest BCUT2D eigenvalue weighted by molar-refractivity contribution is -0.134. The van der Waals surface area contributed by atoms with Crippen molar-refractivity contribution in [1.82, 2.24) is 10.6 Å². The molecular formula is C17H23N3O5. The predicted octanol–water partition coefficient (Wildman–Crippen LogP) is -0.323. The number of carbonyl (C=O) groups excluding carboxylic acids is 3. The van der Waals surface area contributed by atoms with E-state index in [1.807, 2.05) is 0 Å². The summed E-state index contributed by atoms with van der Waals surface area (Å²) in [4.78, 5) is 34.7. The number of amides is 3. The van der Waals surface area contributed by atoms with Crippen LogP contribution in [0.3, 0.4) is 0 Å². The number of benzene rings is 1. The molecule has 1 aromatic carbocycles. The van der Waals surface area contributed by atoms with Gasteiger partial charge in [-0.1, -0.05) is 12.1 Å². The van der Waals surface area contributed by atoms with E-state index in [0.29, 0.717) is 44.9 Å². The Morgan fingerprint density at radius 1 is 1.24 bits per heavy atom. The molecule has 3 amide bonds. The first-order chi connectivity index (χ1) is 12.1. The van der Waals surface area contributed by atoms with Gasteiger partial charge in [0, 0.05) is 19.5 Å². The molecule has 8 nitrogen and oxygen atoms in total. The van der Waals surface area contributed by atoms with Gasteiger partial charge in [0.05, 0.1) is 19.1 Å². The maximum Gasteiger partial charge on any atom is 0.258 e. The van der Waals surface area contributed by atoms with Gasteiger partial charge in [-0.15, -0.1) is 0 Å². The third-order valence-corrected chi connectivity index (χ3v) is 3.72. The van der Waals surface area contributed by atoms with Crippen molar-refractivity contribution in [3.63, 3.8) is 0 Å². The zero-order valence-corrected chi connectivity index (χ0v) is 14.0. The lowest BCUT2D eigenvalue weighted by Crippen LogP contribution is -2.39. The van der Waals surface area contributed by atoms with Gasteiger partial charge in [0.1, 0.15) is 5.75 Å². The van der Waals surface area contributed by atoms with Gasteiger partial charge in [0.15, 0.2) is 6.61 Å². The molecule has 0 aliphatic carbocycles. The standard InChI is InChI=1S/C17H23N3O5/c18-7-9-24-10-8-19-16(22)11-25-13-3-1-12(2-4-13)14-5-6-15(21)20-17(14)23/h1-4,14H,5-11,18H2,(H,19,22)(H,20,21,23). The summed E-state index contributed by atoms with van der Waals surface area (Å²) < 4.78 is 10.6. The fraction of sp³-hybridized carbons (Fsp3) is 0.471. The van der Waals surface area contributed by atoms with Crippen LogP contribution in [0.2, 0.25) is 0 Å². The number of nitrogens with one attached hydrogen (secondary N) is 2. The summed E-state index contributed by atoms with van der Waals surface area (Å²) in [5.74, 6) is -0.554. The van der Waals surface area contributed by atoms with E-state index in [1.54, 1.807) is 24.3 Å².